The van der Waals surface area contributed by atoms with E-state index in [4.69, 9.17) is 23.2 Å². The highest BCUT2D eigenvalue weighted by Crippen LogP contribution is 2.31. The molecule has 0 aromatic carbocycles. The molecule has 0 saturated carbocycles. The number of alkyl halides is 2. The lowest BCUT2D eigenvalue weighted by molar-refractivity contribution is -0.869. The largest absolute Gasteiger partial charge is 0.349 e. The molecule has 0 radical (unpaired) electrons. The SMILES string of the molecule is CC(C)CCCC(C)CCCC(C)CCCC(C)(Cl)C(Cl)C(=O)NCC[N+](C)(C)C. The van der Waals surface area contributed by atoms with Crippen LogP contribution in [0.1, 0.15) is 92.4 Å². The van der Waals surface area contributed by atoms with Crippen LogP contribution in [0.2, 0.25) is 0 Å². The summed E-state index contributed by atoms with van der Waals surface area (Å²) in [7, 11) is 6.31. The third-order valence-corrected chi connectivity index (χ3v) is 7.27. The van der Waals surface area contributed by atoms with Crippen molar-refractivity contribution < 1.29 is 9.28 Å². The number of nitrogens with one attached hydrogen (secondary N) is 1. The number of halogens is 2. The van der Waals surface area contributed by atoms with Crippen LogP contribution in [0.3, 0.4) is 0 Å². The Labute approximate surface area is 198 Å². The van der Waals surface area contributed by atoms with Gasteiger partial charge in [-0.3, -0.25) is 4.79 Å². The molecule has 0 aromatic rings. The maximum atomic E-state index is 12.4. The van der Waals surface area contributed by atoms with Crippen LogP contribution in [0.25, 0.3) is 0 Å². The normalized spacial score (nSPS) is 17.4. The molecule has 0 fully saturated rings. The van der Waals surface area contributed by atoms with E-state index >= 15 is 0 Å². The summed E-state index contributed by atoms with van der Waals surface area (Å²) in [6.45, 7) is 12.7. The second-order valence-electron chi connectivity index (χ2n) is 11.3. The van der Waals surface area contributed by atoms with Crippen LogP contribution < -0.4 is 5.32 Å². The Balaban J connectivity index is 4.04. The van der Waals surface area contributed by atoms with Crippen molar-refractivity contribution in [1.82, 2.24) is 5.32 Å². The quantitative estimate of drug-likeness (QED) is 0.184. The van der Waals surface area contributed by atoms with Gasteiger partial charge in [-0.05, 0) is 31.1 Å². The van der Waals surface area contributed by atoms with Crippen LogP contribution in [0.15, 0.2) is 0 Å². The maximum Gasteiger partial charge on any atom is 0.240 e. The van der Waals surface area contributed by atoms with Gasteiger partial charge in [0.1, 0.15) is 5.38 Å². The molecule has 30 heavy (non-hydrogen) atoms. The second kappa shape index (κ2) is 15.0. The molecule has 5 heteroatoms. The van der Waals surface area contributed by atoms with E-state index in [1.165, 1.54) is 38.5 Å². The second-order valence-corrected chi connectivity index (χ2v) is 12.6. The monoisotopic (exact) mass is 465 g/mol. The average Bonchev–Trinajstić information content (AvgIpc) is 2.59. The lowest BCUT2D eigenvalue weighted by Gasteiger charge is -2.28. The Morgan fingerprint density at radius 3 is 1.83 bits per heavy atom. The molecule has 0 aliphatic rings. The molecule has 0 saturated heterocycles. The number of likely N-dealkylation sites (N-methyl/N-ethyl adjacent to an activating group) is 1. The van der Waals surface area contributed by atoms with Gasteiger partial charge in [0.2, 0.25) is 5.91 Å². The lowest BCUT2D eigenvalue weighted by atomic mass is 9.90. The highest BCUT2D eigenvalue weighted by atomic mass is 35.5. The fourth-order valence-corrected chi connectivity index (χ4v) is 4.20. The molecule has 4 atom stereocenters. The molecule has 0 rings (SSSR count). The Kier molecular flexibility index (Phi) is 15.0. The lowest BCUT2D eigenvalue weighted by Crippen LogP contribution is -2.47. The van der Waals surface area contributed by atoms with Gasteiger partial charge in [-0.2, -0.15) is 0 Å². The minimum absolute atomic E-state index is 0.151. The molecule has 0 spiro atoms. The molecule has 1 amide bonds. The molecule has 3 nitrogen and oxygen atoms in total. The summed E-state index contributed by atoms with van der Waals surface area (Å²) in [5, 5.41) is 2.23. The Morgan fingerprint density at radius 1 is 0.900 bits per heavy atom. The molecule has 0 bridgehead atoms. The van der Waals surface area contributed by atoms with E-state index in [-0.39, 0.29) is 5.91 Å². The van der Waals surface area contributed by atoms with Crippen LogP contribution in [-0.4, -0.2) is 54.9 Å². The number of carbonyl (C=O) groups excluding carboxylic acids is 1. The third-order valence-electron chi connectivity index (χ3n) is 6.08. The van der Waals surface area contributed by atoms with Crippen molar-refractivity contribution in [2.24, 2.45) is 17.8 Å². The topological polar surface area (TPSA) is 29.1 Å². The maximum absolute atomic E-state index is 12.4. The van der Waals surface area contributed by atoms with E-state index < -0.39 is 10.3 Å². The molecular formula is C25H51Cl2N2O+. The predicted molar refractivity (Wildman–Crippen MR) is 135 cm³/mol. The molecule has 180 valence electrons. The first-order valence-corrected chi connectivity index (χ1v) is 13.0. The van der Waals surface area contributed by atoms with Crippen molar-refractivity contribution in [2.75, 3.05) is 34.2 Å². The van der Waals surface area contributed by atoms with E-state index in [1.807, 2.05) is 6.92 Å². The summed E-state index contributed by atoms with van der Waals surface area (Å²) in [4.78, 5) is 11.7. The number of hydrogen-bond acceptors (Lipinski definition) is 1. The van der Waals surface area contributed by atoms with Gasteiger partial charge in [0.05, 0.1) is 39.1 Å². The Morgan fingerprint density at radius 2 is 1.37 bits per heavy atom. The predicted octanol–water partition coefficient (Wildman–Crippen LogP) is 6.85. The zero-order valence-electron chi connectivity index (χ0n) is 21.2. The standard InChI is InChI=1S/C25H50Cl2N2O/c1-20(2)12-9-13-21(3)14-10-15-22(4)16-11-17-25(5,27)23(26)24(30)28-18-19-29(6,7)8/h20-23H,9-19H2,1-8H3/p+1. The van der Waals surface area contributed by atoms with Crippen molar-refractivity contribution >= 4 is 29.1 Å². The minimum Gasteiger partial charge on any atom is -0.349 e. The fourth-order valence-electron chi connectivity index (χ4n) is 3.78. The van der Waals surface area contributed by atoms with Gasteiger partial charge in [0, 0.05) is 0 Å². The zero-order chi connectivity index (χ0) is 23.4. The van der Waals surface area contributed by atoms with Gasteiger partial charge >= 0.3 is 0 Å². The molecule has 0 aromatic heterocycles. The smallest absolute Gasteiger partial charge is 0.240 e. The van der Waals surface area contributed by atoms with Crippen LogP contribution in [-0.2, 0) is 4.79 Å². The first kappa shape index (κ1) is 30.0. The first-order valence-electron chi connectivity index (χ1n) is 12.2. The molecule has 1 N–H and O–H groups in total. The van der Waals surface area contributed by atoms with Crippen molar-refractivity contribution in [3.8, 4) is 0 Å². The summed E-state index contributed by atoms with van der Waals surface area (Å²) >= 11 is 13.1. The molecule has 4 unspecified atom stereocenters. The number of amides is 1. The van der Waals surface area contributed by atoms with Crippen molar-refractivity contribution in [3.63, 3.8) is 0 Å². The van der Waals surface area contributed by atoms with E-state index in [0.29, 0.717) is 12.5 Å². The molecule has 0 aliphatic heterocycles. The number of nitrogens with zero attached hydrogens (tertiary/aromatic N) is 1. The van der Waals surface area contributed by atoms with E-state index in [9.17, 15) is 4.79 Å². The number of rotatable bonds is 17. The van der Waals surface area contributed by atoms with E-state index in [2.05, 4.69) is 54.2 Å². The van der Waals surface area contributed by atoms with Gasteiger partial charge in [0.25, 0.3) is 0 Å². The van der Waals surface area contributed by atoms with Crippen molar-refractivity contribution in [3.05, 3.63) is 0 Å². The molecular weight excluding hydrogens is 415 g/mol. The Hall–Kier alpha value is 0.01000. The van der Waals surface area contributed by atoms with Crippen LogP contribution in [0, 0.1) is 17.8 Å². The van der Waals surface area contributed by atoms with Crippen molar-refractivity contribution in [1.29, 1.82) is 0 Å². The van der Waals surface area contributed by atoms with Crippen molar-refractivity contribution in [2.45, 2.75) is 103 Å². The van der Waals surface area contributed by atoms with Crippen LogP contribution >= 0.6 is 23.2 Å². The van der Waals surface area contributed by atoms with Crippen LogP contribution in [0.4, 0.5) is 0 Å². The number of carbonyl (C=O) groups is 1. The third kappa shape index (κ3) is 15.8. The summed E-state index contributed by atoms with van der Waals surface area (Å²) in [6.07, 6.45) is 11.0. The summed E-state index contributed by atoms with van der Waals surface area (Å²) in [6, 6.07) is 0. The molecule has 0 heterocycles. The number of quaternary nitrogens is 1. The minimum atomic E-state index is -0.702. The Bertz CT molecular complexity index is 461. The highest BCUT2D eigenvalue weighted by Gasteiger charge is 2.35. The summed E-state index contributed by atoms with van der Waals surface area (Å²) < 4.78 is 0.806. The average molecular weight is 467 g/mol. The fraction of sp³-hybridized carbons (Fsp3) is 0.960. The van der Waals surface area contributed by atoms with Gasteiger partial charge in [0.15, 0.2) is 0 Å². The van der Waals surface area contributed by atoms with E-state index in [0.717, 1.165) is 42.1 Å². The zero-order valence-corrected chi connectivity index (χ0v) is 22.7. The van der Waals surface area contributed by atoms with Gasteiger partial charge in [-0.25, -0.2) is 0 Å². The highest BCUT2D eigenvalue weighted by molar-refractivity contribution is 6.39. The van der Waals surface area contributed by atoms with E-state index in [1.54, 1.807) is 0 Å². The summed E-state index contributed by atoms with van der Waals surface area (Å²) in [5.41, 5.74) is 0. The van der Waals surface area contributed by atoms with Gasteiger partial charge in [-0.15, -0.1) is 23.2 Å². The summed E-state index contributed by atoms with van der Waals surface area (Å²) in [5.74, 6) is 2.22. The number of hydrogen-bond donors (Lipinski definition) is 1. The molecule has 0 aliphatic carbocycles. The van der Waals surface area contributed by atoms with Gasteiger partial charge in [-0.1, -0.05) is 79.1 Å². The van der Waals surface area contributed by atoms with Gasteiger partial charge < -0.3 is 9.80 Å². The van der Waals surface area contributed by atoms with Crippen LogP contribution in [0.5, 0.6) is 0 Å². The first-order chi connectivity index (χ1) is 13.7.